The maximum absolute atomic E-state index is 12.0. The standard InChI is InChI=1S/C12H14ClN5O/c1-8-14-11(17-16-8)7-18(2)12(19)15-10-6-4-3-5-9(10)13/h3-6H,7H2,1-2H3,(H,15,19)(H,14,16,17). The molecule has 0 aliphatic rings. The number of para-hydroxylation sites is 1. The van der Waals surface area contributed by atoms with E-state index in [4.69, 9.17) is 11.6 Å². The number of rotatable bonds is 3. The maximum Gasteiger partial charge on any atom is 0.322 e. The predicted molar refractivity (Wildman–Crippen MR) is 73.1 cm³/mol. The molecule has 2 N–H and O–H groups in total. The van der Waals surface area contributed by atoms with Crippen LogP contribution in [0.5, 0.6) is 0 Å². The Labute approximate surface area is 115 Å². The lowest BCUT2D eigenvalue weighted by atomic mass is 10.3. The van der Waals surface area contributed by atoms with Gasteiger partial charge in [-0.25, -0.2) is 9.78 Å². The van der Waals surface area contributed by atoms with E-state index in [1.807, 2.05) is 0 Å². The van der Waals surface area contributed by atoms with Crippen LogP contribution < -0.4 is 5.32 Å². The van der Waals surface area contributed by atoms with Gasteiger partial charge in [0, 0.05) is 7.05 Å². The number of anilines is 1. The van der Waals surface area contributed by atoms with Crippen molar-refractivity contribution in [2.45, 2.75) is 13.5 Å². The zero-order valence-corrected chi connectivity index (χ0v) is 11.4. The fourth-order valence-electron chi connectivity index (χ4n) is 1.52. The smallest absolute Gasteiger partial charge is 0.320 e. The average Bonchev–Trinajstić information content (AvgIpc) is 2.77. The Kier molecular flexibility index (Phi) is 4.01. The summed E-state index contributed by atoms with van der Waals surface area (Å²) in [5.74, 6) is 1.28. The Balaban J connectivity index is 1.98. The van der Waals surface area contributed by atoms with Crippen molar-refractivity contribution in [3.05, 3.63) is 40.9 Å². The zero-order valence-electron chi connectivity index (χ0n) is 10.6. The monoisotopic (exact) mass is 279 g/mol. The van der Waals surface area contributed by atoms with E-state index in [0.29, 0.717) is 23.1 Å². The molecule has 0 atom stereocenters. The van der Waals surface area contributed by atoms with Gasteiger partial charge in [-0.05, 0) is 19.1 Å². The van der Waals surface area contributed by atoms with Gasteiger partial charge in [-0.1, -0.05) is 23.7 Å². The second-order valence-corrected chi connectivity index (χ2v) is 4.51. The fraction of sp³-hybridized carbons (Fsp3) is 0.250. The Morgan fingerprint density at radius 2 is 2.21 bits per heavy atom. The van der Waals surface area contributed by atoms with Crippen molar-refractivity contribution in [2.75, 3.05) is 12.4 Å². The number of benzene rings is 1. The quantitative estimate of drug-likeness (QED) is 0.906. The maximum atomic E-state index is 12.0. The molecule has 0 radical (unpaired) electrons. The number of hydrogen-bond donors (Lipinski definition) is 2. The Morgan fingerprint density at radius 3 is 2.84 bits per heavy atom. The number of aromatic nitrogens is 3. The molecule has 1 aromatic heterocycles. The van der Waals surface area contributed by atoms with Gasteiger partial charge in [0.25, 0.3) is 0 Å². The van der Waals surface area contributed by atoms with Crippen molar-refractivity contribution in [3.8, 4) is 0 Å². The molecular weight excluding hydrogens is 266 g/mol. The highest BCUT2D eigenvalue weighted by Gasteiger charge is 2.12. The van der Waals surface area contributed by atoms with Crippen LogP contribution in [0, 0.1) is 6.92 Å². The van der Waals surface area contributed by atoms with Gasteiger partial charge in [0.15, 0.2) is 5.82 Å². The molecule has 0 saturated heterocycles. The molecule has 7 heteroatoms. The van der Waals surface area contributed by atoms with Crippen molar-refractivity contribution in [2.24, 2.45) is 0 Å². The molecule has 0 spiro atoms. The van der Waals surface area contributed by atoms with Gasteiger partial charge in [0.05, 0.1) is 17.3 Å². The molecule has 0 fully saturated rings. The number of halogens is 1. The molecule has 0 aliphatic carbocycles. The van der Waals surface area contributed by atoms with Crippen LogP contribution in [0.3, 0.4) is 0 Å². The van der Waals surface area contributed by atoms with E-state index in [-0.39, 0.29) is 6.03 Å². The van der Waals surface area contributed by atoms with Crippen molar-refractivity contribution in [1.29, 1.82) is 0 Å². The van der Waals surface area contributed by atoms with E-state index in [1.54, 1.807) is 38.2 Å². The molecule has 0 unspecified atom stereocenters. The molecule has 1 aromatic carbocycles. The number of carbonyl (C=O) groups excluding carboxylic acids is 1. The Morgan fingerprint density at radius 1 is 1.47 bits per heavy atom. The molecule has 100 valence electrons. The molecule has 6 nitrogen and oxygen atoms in total. The minimum atomic E-state index is -0.268. The lowest BCUT2D eigenvalue weighted by Gasteiger charge is -2.16. The summed E-state index contributed by atoms with van der Waals surface area (Å²) in [6, 6.07) is 6.80. The van der Waals surface area contributed by atoms with Gasteiger partial charge in [-0.15, -0.1) is 0 Å². The third-order valence-corrected chi connectivity index (χ3v) is 2.81. The number of aromatic amines is 1. The van der Waals surface area contributed by atoms with E-state index >= 15 is 0 Å². The van der Waals surface area contributed by atoms with Crippen LogP contribution in [-0.4, -0.2) is 33.2 Å². The first kappa shape index (κ1) is 13.4. The first-order chi connectivity index (χ1) is 9.06. The minimum absolute atomic E-state index is 0.268. The number of nitrogens with zero attached hydrogens (tertiary/aromatic N) is 3. The number of hydrogen-bond acceptors (Lipinski definition) is 3. The van der Waals surface area contributed by atoms with Crippen LogP contribution in [0.25, 0.3) is 0 Å². The van der Waals surface area contributed by atoms with E-state index in [1.165, 1.54) is 4.90 Å². The summed E-state index contributed by atoms with van der Waals surface area (Å²) in [6.45, 7) is 2.13. The van der Waals surface area contributed by atoms with Crippen LogP contribution >= 0.6 is 11.6 Å². The van der Waals surface area contributed by atoms with Crippen molar-refractivity contribution >= 4 is 23.3 Å². The molecule has 19 heavy (non-hydrogen) atoms. The van der Waals surface area contributed by atoms with E-state index in [0.717, 1.165) is 5.82 Å². The van der Waals surface area contributed by atoms with E-state index < -0.39 is 0 Å². The molecule has 2 rings (SSSR count). The van der Waals surface area contributed by atoms with Crippen LogP contribution in [0.1, 0.15) is 11.6 Å². The van der Waals surface area contributed by atoms with Gasteiger partial charge in [0.1, 0.15) is 5.82 Å². The molecule has 2 amide bonds. The molecule has 0 aliphatic heterocycles. The fourth-order valence-corrected chi connectivity index (χ4v) is 1.70. The number of amides is 2. The van der Waals surface area contributed by atoms with Crippen LogP contribution in [0.4, 0.5) is 10.5 Å². The summed E-state index contributed by atoms with van der Waals surface area (Å²) in [7, 11) is 1.66. The Hall–Kier alpha value is -2.08. The van der Waals surface area contributed by atoms with E-state index in [9.17, 15) is 4.79 Å². The number of aryl methyl sites for hydroxylation is 1. The lowest BCUT2D eigenvalue weighted by molar-refractivity contribution is 0.219. The highest BCUT2D eigenvalue weighted by molar-refractivity contribution is 6.33. The molecule has 0 bridgehead atoms. The molecular formula is C12H14ClN5O. The van der Waals surface area contributed by atoms with Crippen LogP contribution in [0.2, 0.25) is 5.02 Å². The zero-order chi connectivity index (χ0) is 13.8. The molecule has 0 saturated carbocycles. The third-order valence-electron chi connectivity index (χ3n) is 2.48. The van der Waals surface area contributed by atoms with Crippen molar-refractivity contribution in [3.63, 3.8) is 0 Å². The average molecular weight is 280 g/mol. The highest BCUT2D eigenvalue weighted by atomic mass is 35.5. The van der Waals surface area contributed by atoms with Gasteiger partial charge in [-0.2, -0.15) is 5.10 Å². The summed E-state index contributed by atoms with van der Waals surface area (Å²) in [4.78, 5) is 17.6. The lowest BCUT2D eigenvalue weighted by Crippen LogP contribution is -2.31. The highest BCUT2D eigenvalue weighted by Crippen LogP contribution is 2.20. The van der Waals surface area contributed by atoms with Crippen molar-refractivity contribution in [1.82, 2.24) is 20.1 Å². The van der Waals surface area contributed by atoms with Gasteiger partial charge in [-0.3, -0.25) is 5.10 Å². The number of H-pyrrole nitrogens is 1. The number of nitrogens with one attached hydrogen (secondary N) is 2. The third kappa shape index (κ3) is 3.45. The molecule has 2 aromatic rings. The Bertz CT molecular complexity index is 583. The van der Waals surface area contributed by atoms with Gasteiger partial charge < -0.3 is 10.2 Å². The van der Waals surface area contributed by atoms with Gasteiger partial charge >= 0.3 is 6.03 Å². The number of urea groups is 1. The summed E-state index contributed by atoms with van der Waals surface area (Å²) < 4.78 is 0. The van der Waals surface area contributed by atoms with Crippen molar-refractivity contribution < 1.29 is 4.79 Å². The van der Waals surface area contributed by atoms with Crippen LogP contribution in [0.15, 0.2) is 24.3 Å². The first-order valence-corrected chi connectivity index (χ1v) is 6.08. The topological polar surface area (TPSA) is 73.9 Å². The SMILES string of the molecule is Cc1nc(CN(C)C(=O)Nc2ccccc2Cl)n[nH]1. The predicted octanol–water partition coefficient (Wildman–Crippen LogP) is 2.43. The largest absolute Gasteiger partial charge is 0.322 e. The summed E-state index contributed by atoms with van der Waals surface area (Å²) in [5.41, 5.74) is 0.576. The normalized spacial score (nSPS) is 10.3. The summed E-state index contributed by atoms with van der Waals surface area (Å²) >= 11 is 5.97. The minimum Gasteiger partial charge on any atom is -0.320 e. The van der Waals surface area contributed by atoms with Gasteiger partial charge in [0.2, 0.25) is 0 Å². The summed E-state index contributed by atoms with van der Waals surface area (Å²) in [6.07, 6.45) is 0. The summed E-state index contributed by atoms with van der Waals surface area (Å²) in [5, 5.41) is 9.93. The van der Waals surface area contributed by atoms with E-state index in [2.05, 4.69) is 20.5 Å². The second-order valence-electron chi connectivity index (χ2n) is 4.10. The number of carbonyl (C=O) groups is 1. The van der Waals surface area contributed by atoms with Crippen LogP contribution in [-0.2, 0) is 6.54 Å². The molecule has 1 heterocycles. The first-order valence-electron chi connectivity index (χ1n) is 5.71. The second kappa shape index (κ2) is 5.71.